The van der Waals surface area contributed by atoms with E-state index < -0.39 is 26.7 Å². The SMILES string of the molecule is C[Si](C)(C)NC(=O)C(F)(F)CF. The van der Waals surface area contributed by atoms with Gasteiger partial charge in [0.15, 0.2) is 6.67 Å². The zero-order valence-corrected chi connectivity index (χ0v) is 8.25. The van der Waals surface area contributed by atoms with Crippen LogP contribution in [0, 0.1) is 0 Å². The van der Waals surface area contributed by atoms with Crippen molar-refractivity contribution in [2.75, 3.05) is 6.67 Å². The Hall–Kier alpha value is -0.523. The highest BCUT2D eigenvalue weighted by molar-refractivity contribution is 6.75. The maximum atomic E-state index is 12.3. The molecular weight excluding hydrogens is 187 g/mol. The number of hydrogen-bond donors (Lipinski definition) is 1. The van der Waals surface area contributed by atoms with Crippen molar-refractivity contribution in [1.82, 2.24) is 4.98 Å². The van der Waals surface area contributed by atoms with Crippen molar-refractivity contribution in [1.29, 1.82) is 0 Å². The fourth-order valence-electron chi connectivity index (χ4n) is 0.493. The lowest BCUT2D eigenvalue weighted by Gasteiger charge is -2.21. The van der Waals surface area contributed by atoms with E-state index in [0.29, 0.717) is 0 Å². The maximum absolute atomic E-state index is 12.3. The minimum atomic E-state index is -3.87. The largest absolute Gasteiger partial charge is 0.377 e. The lowest BCUT2D eigenvalue weighted by atomic mass is 10.4. The third kappa shape index (κ3) is 3.75. The van der Waals surface area contributed by atoms with Crippen molar-refractivity contribution >= 4 is 14.1 Å². The van der Waals surface area contributed by atoms with E-state index in [1.807, 2.05) is 0 Å². The highest BCUT2D eigenvalue weighted by Crippen LogP contribution is 2.14. The van der Waals surface area contributed by atoms with E-state index in [-0.39, 0.29) is 0 Å². The molecule has 6 heteroatoms. The van der Waals surface area contributed by atoms with Crippen molar-refractivity contribution in [3.05, 3.63) is 0 Å². The normalized spacial score (nSPS) is 12.8. The molecule has 0 spiro atoms. The summed E-state index contributed by atoms with van der Waals surface area (Å²) in [6.45, 7) is 3.10. The van der Waals surface area contributed by atoms with Gasteiger partial charge in [0.2, 0.25) is 0 Å². The molecule has 0 radical (unpaired) electrons. The third-order valence-corrected chi connectivity index (χ3v) is 1.97. The third-order valence-electron chi connectivity index (χ3n) is 0.989. The number of hydrogen-bond acceptors (Lipinski definition) is 1. The molecule has 0 aliphatic heterocycles. The Morgan fingerprint density at radius 2 is 1.83 bits per heavy atom. The maximum Gasteiger partial charge on any atom is 0.351 e. The first-order chi connectivity index (χ1) is 5.19. The van der Waals surface area contributed by atoms with Crippen LogP contribution in [0.1, 0.15) is 0 Å². The van der Waals surface area contributed by atoms with Gasteiger partial charge >= 0.3 is 5.92 Å². The predicted octanol–water partition coefficient (Wildman–Crippen LogP) is 1.54. The second-order valence-corrected chi connectivity index (χ2v) is 8.29. The van der Waals surface area contributed by atoms with Crippen molar-refractivity contribution in [3.8, 4) is 0 Å². The van der Waals surface area contributed by atoms with Gasteiger partial charge in [0.1, 0.15) is 8.24 Å². The van der Waals surface area contributed by atoms with Crippen molar-refractivity contribution in [2.45, 2.75) is 25.6 Å². The first kappa shape index (κ1) is 11.5. The van der Waals surface area contributed by atoms with Gasteiger partial charge in [0.05, 0.1) is 0 Å². The van der Waals surface area contributed by atoms with Crippen molar-refractivity contribution in [3.63, 3.8) is 0 Å². The van der Waals surface area contributed by atoms with Gasteiger partial charge in [-0.3, -0.25) is 4.79 Å². The van der Waals surface area contributed by atoms with Crippen LogP contribution in [0.15, 0.2) is 0 Å². The number of nitrogens with one attached hydrogen (secondary N) is 1. The number of alkyl halides is 3. The van der Waals surface area contributed by atoms with Gasteiger partial charge in [-0.1, -0.05) is 19.6 Å². The first-order valence-electron chi connectivity index (χ1n) is 3.45. The van der Waals surface area contributed by atoms with Gasteiger partial charge in [-0.15, -0.1) is 0 Å². The van der Waals surface area contributed by atoms with E-state index >= 15 is 0 Å². The van der Waals surface area contributed by atoms with E-state index in [4.69, 9.17) is 0 Å². The second kappa shape index (κ2) is 3.47. The average molecular weight is 199 g/mol. The minimum absolute atomic E-state index is 1.51. The van der Waals surface area contributed by atoms with Gasteiger partial charge in [-0.05, 0) is 0 Å². The minimum Gasteiger partial charge on any atom is -0.377 e. The summed E-state index contributed by atoms with van der Waals surface area (Å²) in [6.07, 6.45) is 0. The monoisotopic (exact) mass is 199 g/mol. The molecule has 0 atom stereocenters. The number of rotatable bonds is 3. The van der Waals surface area contributed by atoms with E-state index in [2.05, 4.69) is 4.98 Å². The topological polar surface area (TPSA) is 29.1 Å². The predicted molar refractivity (Wildman–Crippen MR) is 42.4 cm³/mol. The van der Waals surface area contributed by atoms with Crippen molar-refractivity contribution in [2.24, 2.45) is 0 Å². The Bertz CT molecular complexity index is 178. The van der Waals surface area contributed by atoms with Gasteiger partial charge in [0.25, 0.3) is 5.91 Å². The molecule has 72 valence electrons. The van der Waals surface area contributed by atoms with Gasteiger partial charge in [-0.2, -0.15) is 8.78 Å². The van der Waals surface area contributed by atoms with E-state index in [1.165, 1.54) is 0 Å². The van der Waals surface area contributed by atoms with Gasteiger partial charge in [0, 0.05) is 0 Å². The molecular formula is C6H12F3NOSi. The molecule has 0 aromatic rings. The Labute approximate surface area is 70.2 Å². The molecule has 0 fully saturated rings. The fraction of sp³-hybridized carbons (Fsp3) is 0.833. The van der Waals surface area contributed by atoms with Crippen LogP contribution in [-0.2, 0) is 4.79 Å². The summed E-state index contributed by atoms with van der Waals surface area (Å²) < 4.78 is 36.2. The quantitative estimate of drug-likeness (QED) is 0.686. The van der Waals surface area contributed by atoms with Crippen LogP contribution in [0.25, 0.3) is 0 Å². The van der Waals surface area contributed by atoms with Gasteiger partial charge in [-0.25, -0.2) is 4.39 Å². The van der Waals surface area contributed by atoms with Crippen LogP contribution in [0.2, 0.25) is 19.6 Å². The average Bonchev–Trinajstić information content (AvgIpc) is 1.84. The molecule has 0 bridgehead atoms. The Morgan fingerprint density at radius 3 is 2.08 bits per heavy atom. The van der Waals surface area contributed by atoms with Crippen LogP contribution >= 0.6 is 0 Å². The summed E-state index contributed by atoms with van der Waals surface area (Å²) in [5.41, 5.74) is 0. The molecule has 2 nitrogen and oxygen atoms in total. The zero-order valence-electron chi connectivity index (χ0n) is 7.25. The zero-order chi connectivity index (χ0) is 9.99. The summed E-state index contributed by atoms with van der Waals surface area (Å²) in [7, 11) is -2.09. The molecule has 0 saturated carbocycles. The summed E-state index contributed by atoms with van der Waals surface area (Å²) >= 11 is 0. The van der Waals surface area contributed by atoms with Crippen LogP contribution in [0.3, 0.4) is 0 Å². The van der Waals surface area contributed by atoms with Crippen LogP contribution in [0.4, 0.5) is 13.2 Å². The van der Waals surface area contributed by atoms with Crippen LogP contribution < -0.4 is 4.98 Å². The lowest BCUT2D eigenvalue weighted by Crippen LogP contribution is -2.52. The molecule has 0 unspecified atom stereocenters. The lowest BCUT2D eigenvalue weighted by molar-refractivity contribution is -0.145. The first-order valence-corrected chi connectivity index (χ1v) is 6.95. The number of carbonyl (C=O) groups is 1. The molecule has 0 aliphatic carbocycles. The molecule has 0 rings (SSSR count). The highest BCUT2D eigenvalue weighted by atomic mass is 28.3. The van der Waals surface area contributed by atoms with E-state index in [1.54, 1.807) is 19.6 Å². The van der Waals surface area contributed by atoms with Crippen LogP contribution in [-0.4, -0.2) is 26.7 Å². The smallest absolute Gasteiger partial charge is 0.351 e. The highest BCUT2D eigenvalue weighted by Gasteiger charge is 2.40. The molecule has 0 aromatic heterocycles. The molecule has 0 aromatic carbocycles. The molecule has 1 amide bonds. The number of carbonyl (C=O) groups excluding carboxylic acids is 1. The standard InChI is InChI=1S/C6H12F3NOSi/c1-12(2,3)10-5(11)6(8,9)4-7/h4H2,1-3H3,(H,10,11). The summed E-state index contributed by atoms with van der Waals surface area (Å²) in [4.78, 5) is 12.8. The fourth-order valence-corrected chi connectivity index (χ4v) is 1.36. The van der Waals surface area contributed by atoms with Crippen molar-refractivity contribution < 1.29 is 18.0 Å². The second-order valence-electron chi connectivity index (χ2n) is 3.54. The van der Waals surface area contributed by atoms with Gasteiger partial charge < -0.3 is 4.98 Å². The Balaban J connectivity index is 4.23. The molecule has 12 heavy (non-hydrogen) atoms. The Morgan fingerprint density at radius 1 is 1.42 bits per heavy atom. The molecule has 0 aliphatic rings. The van der Waals surface area contributed by atoms with E-state index in [9.17, 15) is 18.0 Å². The molecule has 1 N–H and O–H groups in total. The van der Waals surface area contributed by atoms with Crippen LogP contribution in [0.5, 0.6) is 0 Å². The Kier molecular flexibility index (Phi) is 3.31. The summed E-state index contributed by atoms with van der Waals surface area (Å²) in [5.74, 6) is -5.38. The molecule has 0 heterocycles. The number of halogens is 3. The number of amides is 1. The van der Waals surface area contributed by atoms with E-state index in [0.717, 1.165) is 0 Å². The summed E-state index contributed by atoms with van der Waals surface area (Å²) in [6, 6.07) is 0. The molecule has 0 saturated heterocycles. The summed E-state index contributed by atoms with van der Waals surface area (Å²) in [5, 5.41) is 0.